The molecule has 46 heavy (non-hydrogen) atoms. The SMILES string of the molecule is COCO[C@@H]1[C@@H](OC(=O)c2ccccc2)[C@H](OCOC)[C@@H](O)[C@@H](OCOC)[C@H]1O[Si](c1ccccc1)(c1ccccc1)C(C)(C)C. The summed E-state index contributed by atoms with van der Waals surface area (Å²) in [7, 11) is 1.19. The molecule has 0 amide bonds. The van der Waals surface area contributed by atoms with Crippen molar-refractivity contribution < 1.29 is 47.5 Å². The van der Waals surface area contributed by atoms with Gasteiger partial charge in [0.2, 0.25) is 0 Å². The van der Waals surface area contributed by atoms with E-state index in [1.165, 1.54) is 21.3 Å². The molecule has 1 aliphatic rings. The monoisotopic (exact) mass is 654 g/mol. The lowest BCUT2D eigenvalue weighted by molar-refractivity contribution is -0.280. The third kappa shape index (κ3) is 7.93. The lowest BCUT2D eigenvalue weighted by atomic mass is 9.84. The summed E-state index contributed by atoms with van der Waals surface area (Å²) in [5, 5.41) is 13.6. The minimum atomic E-state index is -3.27. The molecule has 3 aromatic carbocycles. The molecular formula is C35H46O10Si. The summed E-state index contributed by atoms with van der Waals surface area (Å²) in [6.45, 7) is 5.94. The number of aliphatic hydroxyl groups is 1. The molecule has 0 bridgehead atoms. The molecule has 6 atom stereocenters. The van der Waals surface area contributed by atoms with Crippen molar-refractivity contribution in [1.82, 2.24) is 0 Å². The first kappa shape index (κ1) is 35.9. The zero-order valence-electron chi connectivity index (χ0n) is 27.4. The molecule has 3 aromatic rings. The van der Waals surface area contributed by atoms with Crippen molar-refractivity contribution in [3.63, 3.8) is 0 Å². The Labute approximate surface area is 272 Å². The number of hydrogen-bond acceptors (Lipinski definition) is 10. The zero-order valence-corrected chi connectivity index (χ0v) is 28.4. The first-order valence-electron chi connectivity index (χ1n) is 15.2. The van der Waals surface area contributed by atoms with Gasteiger partial charge in [0.05, 0.1) is 5.56 Å². The minimum absolute atomic E-state index is 0.148. The second kappa shape index (κ2) is 16.7. The Bertz CT molecular complexity index is 1280. The molecule has 250 valence electrons. The lowest BCUT2D eigenvalue weighted by Crippen LogP contribution is -2.74. The van der Waals surface area contributed by atoms with Crippen LogP contribution in [-0.2, 0) is 37.6 Å². The molecule has 1 aliphatic carbocycles. The van der Waals surface area contributed by atoms with Gasteiger partial charge in [-0.15, -0.1) is 0 Å². The van der Waals surface area contributed by atoms with Crippen LogP contribution in [-0.4, -0.2) is 97.7 Å². The molecule has 0 saturated heterocycles. The van der Waals surface area contributed by atoms with Crippen molar-refractivity contribution in [2.24, 2.45) is 0 Å². The molecular weight excluding hydrogens is 608 g/mol. The quantitative estimate of drug-likeness (QED) is 0.149. The zero-order chi connectivity index (χ0) is 33.2. The maximum absolute atomic E-state index is 13.5. The molecule has 4 rings (SSSR count). The molecule has 0 unspecified atom stereocenters. The second-order valence-corrected chi connectivity index (χ2v) is 16.3. The van der Waals surface area contributed by atoms with Crippen molar-refractivity contribution in [2.75, 3.05) is 41.7 Å². The van der Waals surface area contributed by atoms with E-state index in [9.17, 15) is 9.90 Å². The van der Waals surface area contributed by atoms with Gasteiger partial charge in [-0.05, 0) is 27.5 Å². The maximum atomic E-state index is 13.5. The van der Waals surface area contributed by atoms with Gasteiger partial charge in [0.25, 0.3) is 8.32 Å². The van der Waals surface area contributed by atoms with Crippen LogP contribution in [0.25, 0.3) is 0 Å². The van der Waals surface area contributed by atoms with Crippen LogP contribution >= 0.6 is 0 Å². The molecule has 10 nitrogen and oxygen atoms in total. The number of aliphatic hydroxyl groups excluding tert-OH is 1. The second-order valence-electron chi connectivity index (χ2n) is 12.1. The maximum Gasteiger partial charge on any atom is 0.338 e. The van der Waals surface area contributed by atoms with E-state index in [0.29, 0.717) is 5.56 Å². The summed E-state index contributed by atoms with van der Waals surface area (Å²) >= 11 is 0. The van der Waals surface area contributed by atoms with Gasteiger partial charge in [-0.3, -0.25) is 0 Å². The van der Waals surface area contributed by atoms with Crippen LogP contribution in [0.1, 0.15) is 31.1 Å². The third-order valence-electron chi connectivity index (χ3n) is 8.09. The van der Waals surface area contributed by atoms with Crippen molar-refractivity contribution in [1.29, 1.82) is 0 Å². The molecule has 11 heteroatoms. The highest BCUT2D eigenvalue weighted by Crippen LogP contribution is 2.41. The van der Waals surface area contributed by atoms with Crippen LogP contribution in [0.3, 0.4) is 0 Å². The Morgan fingerprint density at radius 2 is 1.04 bits per heavy atom. The lowest BCUT2D eigenvalue weighted by Gasteiger charge is -2.52. The molecule has 0 aromatic heterocycles. The minimum Gasteiger partial charge on any atom is -0.453 e. The highest BCUT2D eigenvalue weighted by molar-refractivity contribution is 6.99. The summed E-state index contributed by atoms with van der Waals surface area (Å²) < 4.78 is 48.0. The van der Waals surface area contributed by atoms with E-state index in [2.05, 4.69) is 45.0 Å². The van der Waals surface area contributed by atoms with Crippen molar-refractivity contribution in [3.8, 4) is 0 Å². The van der Waals surface area contributed by atoms with Gasteiger partial charge in [0.15, 0.2) is 6.10 Å². The normalized spacial score (nSPS) is 23.6. The first-order valence-corrected chi connectivity index (χ1v) is 17.1. The largest absolute Gasteiger partial charge is 0.453 e. The number of benzene rings is 3. The van der Waals surface area contributed by atoms with Crippen molar-refractivity contribution in [2.45, 2.75) is 62.4 Å². The van der Waals surface area contributed by atoms with E-state index in [1.54, 1.807) is 24.3 Å². The van der Waals surface area contributed by atoms with E-state index in [1.807, 2.05) is 42.5 Å². The molecule has 0 radical (unpaired) electrons. The highest BCUT2D eigenvalue weighted by Gasteiger charge is 2.60. The van der Waals surface area contributed by atoms with Gasteiger partial charge in [-0.1, -0.05) is 99.6 Å². The van der Waals surface area contributed by atoms with Crippen LogP contribution in [0.5, 0.6) is 0 Å². The predicted molar refractivity (Wildman–Crippen MR) is 174 cm³/mol. The Morgan fingerprint density at radius 3 is 1.48 bits per heavy atom. The van der Waals surface area contributed by atoms with Gasteiger partial charge < -0.3 is 42.7 Å². The fraction of sp³-hybridized carbons (Fsp3) is 0.457. The van der Waals surface area contributed by atoms with Crippen molar-refractivity contribution >= 4 is 24.7 Å². The van der Waals surface area contributed by atoms with E-state index in [-0.39, 0.29) is 20.4 Å². The Kier molecular flexibility index (Phi) is 13.0. The molecule has 0 spiro atoms. The average molecular weight is 655 g/mol. The van der Waals surface area contributed by atoms with Gasteiger partial charge in [0, 0.05) is 21.3 Å². The standard InChI is InChI=1S/C35H46O10Si/c1-35(2,3)46(26-18-12-8-13-19-26,27-20-14-9-15-21-27)45-33-30(42-23-39-5)28(36)29(41-22-38-4)32(31(33)43-24-40-6)44-34(37)25-16-10-7-11-17-25/h7-21,28-33,36H,22-24H2,1-6H3/t28-,29-,30-,31-,32+,33-/m1/s1. The van der Waals surface area contributed by atoms with Crippen molar-refractivity contribution in [3.05, 3.63) is 96.6 Å². The smallest absolute Gasteiger partial charge is 0.338 e. The number of ether oxygens (including phenoxy) is 7. The van der Waals surface area contributed by atoms with Gasteiger partial charge in [-0.25, -0.2) is 4.79 Å². The number of carbonyl (C=O) groups is 1. The van der Waals surface area contributed by atoms with Gasteiger partial charge >= 0.3 is 5.97 Å². The van der Waals surface area contributed by atoms with E-state index < -0.39 is 55.9 Å². The number of rotatable bonds is 15. The van der Waals surface area contributed by atoms with E-state index in [4.69, 9.17) is 37.6 Å². The topological polar surface area (TPSA) is 111 Å². The van der Waals surface area contributed by atoms with E-state index >= 15 is 0 Å². The predicted octanol–water partition coefficient (Wildman–Crippen LogP) is 3.50. The summed E-state index contributed by atoms with van der Waals surface area (Å²) in [6.07, 6.45) is -6.64. The first-order chi connectivity index (χ1) is 22.2. The van der Waals surface area contributed by atoms with Gasteiger partial charge in [-0.2, -0.15) is 0 Å². The molecule has 1 fully saturated rings. The highest BCUT2D eigenvalue weighted by atomic mass is 28.4. The Morgan fingerprint density at radius 1 is 0.630 bits per heavy atom. The van der Waals surface area contributed by atoms with E-state index in [0.717, 1.165) is 10.4 Å². The number of hydrogen-bond donors (Lipinski definition) is 1. The van der Waals surface area contributed by atoms with Gasteiger partial charge in [0.1, 0.15) is 50.9 Å². The summed E-state index contributed by atoms with van der Waals surface area (Å²) in [5.41, 5.74) is 0.329. The summed E-state index contributed by atoms with van der Waals surface area (Å²) in [4.78, 5) is 13.5. The molecule has 1 saturated carbocycles. The molecule has 0 heterocycles. The third-order valence-corrected chi connectivity index (χ3v) is 13.1. The van der Waals surface area contributed by atoms with Crippen LogP contribution < -0.4 is 10.4 Å². The van der Waals surface area contributed by atoms with Crippen LogP contribution in [0, 0.1) is 0 Å². The van der Waals surface area contributed by atoms with Crippen LogP contribution in [0.2, 0.25) is 5.04 Å². The number of carbonyl (C=O) groups excluding carboxylic acids is 1. The summed E-state index contributed by atoms with van der Waals surface area (Å²) in [5.74, 6) is -0.615. The fourth-order valence-corrected chi connectivity index (χ4v) is 10.8. The Hall–Kier alpha value is -2.97. The average Bonchev–Trinajstić information content (AvgIpc) is 3.07. The molecule has 1 N–H and O–H groups in total. The number of esters is 1. The molecule has 0 aliphatic heterocycles. The fourth-order valence-electron chi connectivity index (χ4n) is 6.08. The summed E-state index contributed by atoms with van der Waals surface area (Å²) in [6, 6.07) is 28.7. The van der Waals surface area contributed by atoms with Crippen LogP contribution in [0.4, 0.5) is 0 Å². The van der Waals surface area contributed by atoms with Crippen LogP contribution in [0.15, 0.2) is 91.0 Å². The Balaban J connectivity index is 1.92. The number of methoxy groups -OCH3 is 3.